The Morgan fingerprint density at radius 3 is 2.46 bits per heavy atom. The van der Waals surface area contributed by atoms with Crippen molar-refractivity contribution >= 4 is 35.2 Å². The summed E-state index contributed by atoms with van der Waals surface area (Å²) in [5.41, 5.74) is 2.85. The lowest BCUT2D eigenvalue weighted by Gasteiger charge is -2.35. The summed E-state index contributed by atoms with van der Waals surface area (Å²) in [5.74, 6) is -1.52. The number of anilines is 1. The van der Waals surface area contributed by atoms with E-state index in [1.165, 1.54) is 0 Å². The third-order valence-corrected chi connectivity index (χ3v) is 9.53. The highest BCUT2D eigenvalue weighted by Crippen LogP contribution is 2.61. The number of thioether (sulfide) groups is 1. The van der Waals surface area contributed by atoms with Gasteiger partial charge in [-0.15, -0.1) is 11.8 Å². The van der Waals surface area contributed by atoms with Gasteiger partial charge in [0.15, 0.2) is 0 Å². The van der Waals surface area contributed by atoms with Crippen molar-refractivity contribution in [3.8, 4) is 0 Å². The number of β-amino-alcohol motifs (C(OH)–C–C–N with tert-alkyl or cyclic N) is 1. The minimum absolute atomic E-state index is 0.00845. The van der Waals surface area contributed by atoms with Gasteiger partial charge >= 0.3 is 0 Å². The van der Waals surface area contributed by atoms with Crippen molar-refractivity contribution in [2.75, 3.05) is 37.7 Å². The van der Waals surface area contributed by atoms with Crippen molar-refractivity contribution < 1.29 is 19.5 Å². The molecule has 2 saturated heterocycles. The van der Waals surface area contributed by atoms with Crippen molar-refractivity contribution in [2.45, 2.75) is 43.2 Å². The lowest BCUT2D eigenvalue weighted by Crippen LogP contribution is -2.54. The summed E-state index contributed by atoms with van der Waals surface area (Å²) in [6.45, 7) is 7.45. The molecule has 4 aliphatic heterocycles. The van der Waals surface area contributed by atoms with E-state index >= 15 is 0 Å². The van der Waals surface area contributed by atoms with Gasteiger partial charge < -0.3 is 19.8 Å². The molecule has 0 bridgehead atoms. The van der Waals surface area contributed by atoms with Crippen LogP contribution in [0.5, 0.6) is 0 Å². The molecule has 186 valence electrons. The summed E-state index contributed by atoms with van der Waals surface area (Å²) in [5, 5.41) is 9.67. The number of aliphatic hydroxyl groups is 1. The van der Waals surface area contributed by atoms with Gasteiger partial charge in [0.25, 0.3) is 5.91 Å². The van der Waals surface area contributed by atoms with Gasteiger partial charge in [-0.3, -0.25) is 14.4 Å². The average Bonchev–Trinajstić information content (AvgIpc) is 3.13. The molecule has 0 saturated carbocycles. The first-order chi connectivity index (χ1) is 16.9. The molecule has 1 N–H and O–H groups in total. The molecule has 8 heteroatoms. The summed E-state index contributed by atoms with van der Waals surface area (Å²) >= 11 is 1.58. The maximum absolute atomic E-state index is 14.3. The van der Waals surface area contributed by atoms with E-state index in [1.54, 1.807) is 21.6 Å². The summed E-state index contributed by atoms with van der Waals surface area (Å²) < 4.78 is -0.848. The second-order valence-corrected chi connectivity index (χ2v) is 11.4. The van der Waals surface area contributed by atoms with Gasteiger partial charge in [-0.25, -0.2) is 0 Å². The van der Waals surface area contributed by atoms with Crippen LogP contribution in [-0.2, 0) is 14.4 Å². The van der Waals surface area contributed by atoms with E-state index in [-0.39, 0.29) is 36.1 Å². The standard InChI is InChI=1S/C27H33N3O4S/c1-4-12-28-13-6-10-19-20(24(28)32)21-25(33)30(15-16-31)23-26(34)29(14-7-11-27(21,23)35-19)22-17(2)8-5-9-18(22)3/h5-11,19-21,23,31H,4,12-16H2,1-3H3/t19-,20+,21+,23?,27+/m1/s1. The fraction of sp³-hybridized carbons (Fsp3) is 0.519. The molecule has 2 fully saturated rings. The van der Waals surface area contributed by atoms with Crippen LogP contribution in [0.2, 0.25) is 0 Å². The topological polar surface area (TPSA) is 81.2 Å². The van der Waals surface area contributed by atoms with E-state index in [0.29, 0.717) is 19.6 Å². The molecule has 7 nitrogen and oxygen atoms in total. The van der Waals surface area contributed by atoms with Gasteiger partial charge in [-0.1, -0.05) is 49.4 Å². The van der Waals surface area contributed by atoms with Crippen LogP contribution < -0.4 is 4.90 Å². The number of benzene rings is 1. The minimum Gasteiger partial charge on any atom is -0.395 e. The van der Waals surface area contributed by atoms with Crippen molar-refractivity contribution in [3.05, 3.63) is 53.6 Å². The summed E-state index contributed by atoms with van der Waals surface area (Å²) in [4.78, 5) is 47.1. The zero-order valence-corrected chi connectivity index (χ0v) is 21.3. The van der Waals surface area contributed by atoms with Gasteiger partial charge in [0.05, 0.1) is 23.2 Å². The number of hydrogen-bond donors (Lipinski definition) is 1. The van der Waals surface area contributed by atoms with Gasteiger partial charge in [0.2, 0.25) is 11.8 Å². The SMILES string of the molecule is CCCN1CC=C[C@H]2S[C@]34C=CCN(c5c(C)cccc5C)C(=O)C3N(CCO)C(=O)[C@@H]4[C@H]2C1=O. The van der Waals surface area contributed by atoms with Gasteiger partial charge in [-0.05, 0) is 31.4 Å². The summed E-state index contributed by atoms with van der Waals surface area (Å²) in [6.07, 6.45) is 8.94. The molecule has 0 radical (unpaired) electrons. The summed E-state index contributed by atoms with van der Waals surface area (Å²) in [7, 11) is 0. The van der Waals surface area contributed by atoms with Crippen LogP contribution in [0.1, 0.15) is 24.5 Å². The monoisotopic (exact) mass is 495 g/mol. The molecule has 35 heavy (non-hydrogen) atoms. The molecular weight excluding hydrogens is 462 g/mol. The Hall–Kier alpha value is -2.58. The number of aryl methyl sites for hydroxylation is 2. The Bertz CT molecular complexity index is 1100. The average molecular weight is 496 g/mol. The first-order valence-electron chi connectivity index (χ1n) is 12.5. The number of aliphatic hydroxyl groups excluding tert-OH is 1. The molecule has 5 atom stereocenters. The molecule has 4 heterocycles. The van der Waals surface area contributed by atoms with Crippen LogP contribution in [0.4, 0.5) is 5.69 Å². The zero-order valence-electron chi connectivity index (χ0n) is 20.5. The number of amides is 3. The Labute approximate surface area is 210 Å². The molecule has 0 aliphatic carbocycles. The molecule has 1 unspecified atom stereocenters. The van der Waals surface area contributed by atoms with E-state index in [2.05, 4.69) is 6.08 Å². The minimum atomic E-state index is -0.848. The smallest absolute Gasteiger partial charge is 0.251 e. The number of nitrogens with zero attached hydrogens (tertiary/aromatic N) is 3. The van der Waals surface area contributed by atoms with Crippen LogP contribution in [0.25, 0.3) is 0 Å². The molecule has 0 aromatic heterocycles. The predicted molar refractivity (Wildman–Crippen MR) is 137 cm³/mol. The second-order valence-electron chi connectivity index (χ2n) is 9.90. The lowest BCUT2D eigenvalue weighted by molar-refractivity contribution is -0.143. The number of carbonyl (C=O) groups is 3. The first-order valence-corrected chi connectivity index (χ1v) is 13.3. The number of hydrogen-bond acceptors (Lipinski definition) is 5. The molecule has 1 spiro atoms. The normalized spacial score (nSPS) is 32.0. The van der Waals surface area contributed by atoms with Gasteiger partial charge in [0.1, 0.15) is 6.04 Å². The van der Waals surface area contributed by atoms with E-state index in [9.17, 15) is 19.5 Å². The third kappa shape index (κ3) is 3.56. The van der Waals surface area contributed by atoms with Crippen LogP contribution in [0, 0.1) is 25.7 Å². The Balaban J connectivity index is 1.62. The van der Waals surface area contributed by atoms with Crippen molar-refractivity contribution in [1.29, 1.82) is 0 Å². The highest BCUT2D eigenvalue weighted by atomic mass is 32.2. The third-order valence-electron chi connectivity index (χ3n) is 7.79. The van der Waals surface area contributed by atoms with Crippen molar-refractivity contribution in [3.63, 3.8) is 0 Å². The lowest BCUT2D eigenvalue weighted by atomic mass is 9.78. The Morgan fingerprint density at radius 1 is 1.03 bits per heavy atom. The highest BCUT2D eigenvalue weighted by molar-refractivity contribution is 8.02. The fourth-order valence-electron chi connectivity index (χ4n) is 6.44. The maximum Gasteiger partial charge on any atom is 0.251 e. The summed E-state index contributed by atoms with van der Waals surface area (Å²) in [6, 6.07) is 5.18. The van der Waals surface area contributed by atoms with E-state index in [1.807, 2.05) is 62.1 Å². The van der Waals surface area contributed by atoms with E-state index in [4.69, 9.17) is 0 Å². The van der Waals surface area contributed by atoms with Crippen molar-refractivity contribution in [2.24, 2.45) is 11.8 Å². The second kappa shape index (κ2) is 9.13. The number of para-hydroxylation sites is 1. The van der Waals surface area contributed by atoms with E-state index in [0.717, 1.165) is 23.2 Å². The number of rotatable bonds is 5. The Morgan fingerprint density at radius 2 is 1.77 bits per heavy atom. The number of likely N-dealkylation sites (tertiary alicyclic amines) is 1. The fourth-order valence-corrected chi connectivity index (χ4v) is 8.45. The van der Waals surface area contributed by atoms with Crippen molar-refractivity contribution in [1.82, 2.24) is 9.80 Å². The van der Waals surface area contributed by atoms with Gasteiger partial charge in [0, 0.05) is 37.1 Å². The maximum atomic E-state index is 14.3. The van der Waals surface area contributed by atoms with Crippen LogP contribution in [0.3, 0.4) is 0 Å². The number of carbonyl (C=O) groups excluding carboxylic acids is 3. The molecule has 3 amide bonds. The molecule has 1 aromatic rings. The van der Waals surface area contributed by atoms with E-state index < -0.39 is 22.6 Å². The zero-order chi connectivity index (χ0) is 24.9. The highest BCUT2D eigenvalue weighted by Gasteiger charge is 2.71. The number of fused-ring (bicyclic) bond motifs is 2. The quantitative estimate of drug-likeness (QED) is 0.634. The molecule has 5 rings (SSSR count). The molecule has 1 aromatic carbocycles. The molecular formula is C27H33N3O4S. The predicted octanol–water partition coefficient (Wildman–Crippen LogP) is 2.30. The first kappa shape index (κ1) is 24.1. The Kier molecular flexibility index (Phi) is 6.30. The molecule has 4 aliphatic rings. The largest absolute Gasteiger partial charge is 0.395 e. The van der Waals surface area contributed by atoms with Crippen LogP contribution >= 0.6 is 11.8 Å². The van der Waals surface area contributed by atoms with Crippen LogP contribution in [-0.4, -0.2) is 81.5 Å². The van der Waals surface area contributed by atoms with Gasteiger partial charge in [-0.2, -0.15) is 0 Å². The van der Waals surface area contributed by atoms with Crippen LogP contribution in [0.15, 0.2) is 42.5 Å².